The van der Waals surface area contributed by atoms with Crippen LogP contribution < -0.4 is 5.56 Å². The fourth-order valence-corrected chi connectivity index (χ4v) is 4.49. The van der Waals surface area contributed by atoms with Crippen LogP contribution in [0.1, 0.15) is 32.7 Å². The Morgan fingerprint density at radius 1 is 1.11 bits per heavy atom. The van der Waals surface area contributed by atoms with Crippen LogP contribution in [0, 0.1) is 6.92 Å². The van der Waals surface area contributed by atoms with E-state index in [1.54, 1.807) is 17.8 Å². The minimum atomic E-state index is -0.239. The van der Waals surface area contributed by atoms with E-state index in [4.69, 9.17) is 11.6 Å². The Morgan fingerprint density at radius 2 is 1.89 bits per heavy atom. The molecule has 0 saturated carbocycles. The summed E-state index contributed by atoms with van der Waals surface area (Å²) in [6, 6.07) is 12.6. The first-order valence-electron chi connectivity index (χ1n) is 8.53. The topological polar surface area (TPSA) is 62.8 Å². The molecule has 0 spiro atoms. The van der Waals surface area contributed by atoms with Crippen molar-refractivity contribution in [1.29, 1.82) is 0 Å². The van der Waals surface area contributed by atoms with Gasteiger partial charge in [0.15, 0.2) is 5.78 Å². The van der Waals surface area contributed by atoms with E-state index in [9.17, 15) is 9.59 Å². The van der Waals surface area contributed by atoms with Gasteiger partial charge in [-0.3, -0.25) is 9.59 Å². The molecule has 3 aromatic rings. The van der Waals surface area contributed by atoms with Crippen molar-refractivity contribution in [2.45, 2.75) is 23.1 Å². The molecular formula is C21H19ClN2O2S2. The summed E-state index contributed by atoms with van der Waals surface area (Å²) >= 11 is 9.57. The molecule has 0 aliphatic heterocycles. The largest absolute Gasteiger partial charge is 0.289 e. The van der Waals surface area contributed by atoms with Crippen molar-refractivity contribution in [3.8, 4) is 0 Å². The Hall–Kier alpha value is -2.02. The van der Waals surface area contributed by atoms with E-state index in [1.165, 1.54) is 17.8 Å². The lowest BCUT2D eigenvalue weighted by Gasteiger charge is -2.13. The molecule has 0 fully saturated rings. The number of ketones is 1. The molecule has 0 saturated heterocycles. The van der Waals surface area contributed by atoms with Gasteiger partial charge in [0, 0.05) is 27.8 Å². The van der Waals surface area contributed by atoms with Crippen molar-refractivity contribution < 1.29 is 4.79 Å². The summed E-state index contributed by atoms with van der Waals surface area (Å²) in [6.07, 6.45) is 4.45. The Kier molecular flexibility index (Phi) is 6.65. The molecule has 1 heterocycles. The molecule has 0 atom stereocenters. The number of nitrogens with one attached hydrogen (secondary N) is 1. The van der Waals surface area contributed by atoms with Crippen molar-refractivity contribution in [2.75, 3.05) is 12.5 Å². The molecule has 2 aromatic carbocycles. The highest BCUT2D eigenvalue weighted by Gasteiger charge is 2.19. The van der Waals surface area contributed by atoms with Crippen LogP contribution in [0.3, 0.4) is 0 Å². The number of hydrogen-bond acceptors (Lipinski definition) is 5. The van der Waals surface area contributed by atoms with Gasteiger partial charge < -0.3 is 0 Å². The minimum Gasteiger partial charge on any atom is -0.289 e. The summed E-state index contributed by atoms with van der Waals surface area (Å²) in [5.41, 5.74) is 3.64. The van der Waals surface area contributed by atoms with Crippen LogP contribution in [0.2, 0.25) is 5.02 Å². The van der Waals surface area contributed by atoms with Gasteiger partial charge in [0.25, 0.3) is 5.56 Å². The van der Waals surface area contributed by atoms with Crippen LogP contribution >= 0.6 is 35.1 Å². The lowest BCUT2D eigenvalue weighted by molar-refractivity contribution is 0.103. The number of thioether (sulfide) groups is 2. The van der Waals surface area contributed by atoms with Crippen molar-refractivity contribution in [1.82, 2.24) is 10.2 Å². The normalized spacial score (nSPS) is 10.9. The second-order valence-corrected chi connectivity index (χ2v) is 8.38. The second kappa shape index (κ2) is 8.99. The first-order valence-corrected chi connectivity index (χ1v) is 11.4. The van der Waals surface area contributed by atoms with Crippen molar-refractivity contribution in [2.24, 2.45) is 0 Å². The Labute approximate surface area is 177 Å². The maximum atomic E-state index is 13.2. The molecular weight excluding hydrogens is 412 g/mol. The number of hydrogen-bond donors (Lipinski definition) is 1. The van der Waals surface area contributed by atoms with Crippen molar-refractivity contribution >= 4 is 40.9 Å². The third kappa shape index (κ3) is 4.51. The first kappa shape index (κ1) is 20.7. The molecule has 0 aliphatic carbocycles. The molecule has 1 aromatic heterocycles. The van der Waals surface area contributed by atoms with Gasteiger partial charge in [-0.25, -0.2) is 5.10 Å². The fraction of sp³-hybridized carbons (Fsp3) is 0.190. The van der Waals surface area contributed by atoms with Gasteiger partial charge in [0.1, 0.15) is 0 Å². The average molecular weight is 431 g/mol. The molecule has 144 valence electrons. The third-order valence-corrected chi connectivity index (χ3v) is 6.20. The number of halogens is 1. The third-order valence-electron chi connectivity index (χ3n) is 4.43. The summed E-state index contributed by atoms with van der Waals surface area (Å²) < 4.78 is 0. The van der Waals surface area contributed by atoms with Crippen LogP contribution in [-0.4, -0.2) is 28.5 Å². The van der Waals surface area contributed by atoms with Gasteiger partial charge in [0.05, 0.1) is 16.3 Å². The molecule has 1 N–H and O–H groups in total. The highest BCUT2D eigenvalue weighted by Crippen LogP contribution is 2.34. The van der Waals surface area contributed by atoms with E-state index in [-0.39, 0.29) is 11.3 Å². The number of aromatic amines is 1. The highest BCUT2D eigenvalue weighted by atomic mass is 35.5. The minimum absolute atomic E-state index is 0.0994. The van der Waals surface area contributed by atoms with Gasteiger partial charge in [-0.15, -0.1) is 23.5 Å². The number of carbonyl (C=O) groups is 1. The fourth-order valence-electron chi connectivity index (χ4n) is 2.87. The molecule has 0 amide bonds. The molecule has 28 heavy (non-hydrogen) atoms. The SMILES string of the molecule is CSc1cc(Cl)c(C(=O)c2ccc(C)c(Cc3ccc(=O)[nH]n3)c2)c(SC)c1. The summed E-state index contributed by atoms with van der Waals surface area (Å²) in [5.74, 6) is -0.0994. The van der Waals surface area contributed by atoms with E-state index < -0.39 is 0 Å². The van der Waals surface area contributed by atoms with Gasteiger partial charge in [0.2, 0.25) is 0 Å². The van der Waals surface area contributed by atoms with Crippen LogP contribution in [0.4, 0.5) is 0 Å². The van der Waals surface area contributed by atoms with E-state index >= 15 is 0 Å². The first-order chi connectivity index (χ1) is 13.4. The van der Waals surface area contributed by atoms with E-state index in [0.717, 1.165) is 26.6 Å². The number of aryl methyl sites for hydroxylation is 1. The van der Waals surface area contributed by atoms with Crippen molar-refractivity contribution in [3.05, 3.63) is 85.8 Å². The average Bonchev–Trinajstić information content (AvgIpc) is 2.70. The number of carbonyl (C=O) groups excluding carboxylic acids is 1. The molecule has 0 radical (unpaired) electrons. The lowest BCUT2D eigenvalue weighted by Crippen LogP contribution is -2.09. The Morgan fingerprint density at radius 3 is 2.54 bits per heavy atom. The summed E-state index contributed by atoms with van der Waals surface area (Å²) in [4.78, 5) is 26.3. The molecule has 0 aliphatic rings. The van der Waals surface area contributed by atoms with Gasteiger partial charge in [-0.2, -0.15) is 5.10 Å². The molecule has 3 rings (SSSR count). The van der Waals surface area contributed by atoms with Gasteiger partial charge >= 0.3 is 0 Å². The molecule has 7 heteroatoms. The van der Waals surface area contributed by atoms with E-state index in [1.807, 2.05) is 49.8 Å². The standard InChI is InChI=1S/C21H19ClN2O2S2/c1-12-4-5-13(8-14(12)9-15-6-7-19(25)24-23-15)21(26)20-17(22)10-16(27-2)11-18(20)28-3/h4-8,10-11H,9H2,1-3H3,(H,24,25). The predicted molar refractivity (Wildman–Crippen MR) is 117 cm³/mol. The van der Waals surface area contributed by atoms with Crippen molar-refractivity contribution in [3.63, 3.8) is 0 Å². The number of rotatable bonds is 6. The molecule has 0 bridgehead atoms. The molecule has 0 unspecified atom stereocenters. The zero-order chi connectivity index (χ0) is 20.3. The zero-order valence-corrected chi connectivity index (χ0v) is 18.1. The van der Waals surface area contributed by atoms with E-state index in [2.05, 4.69) is 10.2 Å². The summed E-state index contributed by atoms with van der Waals surface area (Å²) in [7, 11) is 0. The Balaban J connectivity index is 1.99. The number of aromatic nitrogens is 2. The van der Waals surface area contributed by atoms with Gasteiger partial charge in [-0.05, 0) is 54.8 Å². The summed E-state index contributed by atoms with van der Waals surface area (Å²) in [5, 5.41) is 6.96. The smallest absolute Gasteiger partial charge is 0.264 e. The monoisotopic (exact) mass is 430 g/mol. The summed E-state index contributed by atoms with van der Waals surface area (Å²) in [6.45, 7) is 1.99. The quantitative estimate of drug-likeness (QED) is 0.440. The Bertz CT molecular complexity index is 1080. The van der Waals surface area contributed by atoms with Crippen LogP contribution in [-0.2, 0) is 6.42 Å². The van der Waals surface area contributed by atoms with Crippen LogP contribution in [0.25, 0.3) is 0 Å². The van der Waals surface area contributed by atoms with Crippen LogP contribution in [0.5, 0.6) is 0 Å². The van der Waals surface area contributed by atoms with E-state index in [0.29, 0.717) is 22.6 Å². The zero-order valence-electron chi connectivity index (χ0n) is 15.7. The second-order valence-electron chi connectivity index (χ2n) is 6.25. The highest BCUT2D eigenvalue weighted by molar-refractivity contribution is 7.99. The number of H-pyrrole nitrogens is 1. The number of benzene rings is 2. The predicted octanol–water partition coefficient (Wildman–Crippen LogP) is 5.00. The van der Waals surface area contributed by atoms with Gasteiger partial charge in [-0.1, -0.05) is 23.7 Å². The van der Waals surface area contributed by atoms with Crippen LogP contribution in [0.15, 0.2) is 57.1 Å². The maximum absolute atomic E-state index is 13.2. The lowest BCUT2D eigenvalue weighted by atomic mass is 9.96. The maximum Gasteiger partial charge on any atom is 0.264 e. The molecule has 4 nitrogen and oxygen atoms in total. The number of nitrogens with zero attached hydrogens (tertiary/aromatic N) is 1.